The quantitative estimate of drug-likeness (QED) is 0.721. The summed E-state index contributed by atoms with van der Waals surface area (Å²) in [6, 6.07) is 0.265. The average Bonchev–Trinajstić information content (AvgIpc) is 2.73. The molecule has 1 saturated heterocycles. The van der Waals surface area contributed by atoms with Crippen LogP contribution in [0.3, 0.4) is 0 Å². The van der Waals surface area contributed by atoms with Crippen LogP contribution in [0.4, 0.5) is 0 Å². The van der Waals surface area contributed by atoms with Crippen LogP contribution in [0.5, 0.6) is 0 Å². The highest BCUT2D eigenvalue weighted by Crippen LogP contribution is 2.25. The summed E-state index contributed by atoms with van der Waals surface area (Å²) in [5.41, 5.74) is 0. The van der Waals surface area contributed by atoms with Gasteiger partial charge < -0.3 is 4.52 Å². The van der Waals surface area contributed by atoms with Gasteiger partial charge in [-0.2, -0.15) is 4.98 Å². The molecule has 1 fully saturated rings. The number of rotatable bonds is 2. The maximum atomic E-state index is 5.17. The van der Waals surface area contributed by atoms with Crippen LogP contribution in [-0.4, -0.2) is 28.1 Å². The van der Waals surface area contributed by atoms with E-state index in [0.717, 1.165) is 30.7 Å². The first kappa shape index (κ1) is 9.65. The normalized spacial score (nSPS) is 25.5. The molecule has 2 heterocycles. The summed E-state index contributed by atoms with van der Waals surface area (Å²) < 4.78 is 5.17. The molecular formula is C10H17N3O. The zero-order chi connectivity index (χ0) is 10.1. The first-order chi connectivity index (χ1) is 6.66. The second-order valence-corrected chi connectivity index (χ2v) is 4.24. The third-order valence-electron chi connectivity index (χ3n) is 2.90. The lowest BCUT2D eigenvalue weighted by atomic mass is 10.2. The maximum Gasteiger partial charge on any atom is 0.243 e. The molecule has 4 heteroatoms. The Morgan fingerprint density at radius 1 is 1.57 bits per heavy atom. The van der Waals surface area contributed by atoms with Crippen LogP contribution in [0.2, 0.25) is 0 Å². The van der Waals surface area contributed by atoms with Gasteiger partial charge in [0.2, 0.25) is 5.89 Å². The van der Waals surface area contributed by atoms with Crippen molar-refractivity contribution in [2.45, 2.75) is 33.2 Å². The number of aromatic nitrogens is 2. The standard InChI is InChI=1S/C10H17N3O/c1-7-4-5-13(6-7)8(2)10-11-9(3)12-14-10/h7-8H,4-6H2,1-3H3. The van der Waals surface area contributed by atoms with Crippen LogP contribution in [0.1, 0.15) is 38.0 Å². The monoisotopic (exact) mass is 195 g/mol. The Morgan fingerprint density at radius 2 is 2.36 bits per heavy atom. The average molecular weight is 195 g/mol. The number of hydrogen-bond donors (Lipinski definition) is 0. The Kier molecular flexibility index (Phi) is 2.54. The molecule has 1 aromatic heterocycles. The molecule has 2 rings (SSSR count). The molecule has 1 aromatic rings. The van der Waals surface area contributed by atoms with Gasteiger partial charge in [-0.25, -0.2) is 0 Å². The van der Waals surface area contributed by atoms with Gasteiger partial charge in [0.25, 0.3) is 0 Å². The third-order valence-corrected chi connectivity index (χ3v) is 2.90. The highest BCUT2D eigenvalue weighted by molar-refractivity contribution is 4.92. The molecule has 0 radical (unpaired) electrons. The minimum atomic E-state index is 0.265. The zero-order valence-corrected chi connectivity index (χ0v) is 9.03. The van der Waals surface area contributed by atoms with Crippen molar-refractivity contribution < 1.29 is 4.52 Å². The van der Waals surface area contributed by atoms with Crippen LogP contribution in [0.25, 0.3) is 0 Å². The van der Waals surface area contributed by atoms with Crippen LogP contribution < -0.4 is 0 Å². The zero-order valence-electron chi connectivity index (χ0n) is 9.03. The molecule has 78 valence electrons. The van der Waals surface area contributed by atoms with Gasteiger partial charge in [-0.15, -0.1) is 0 Å². The second-order valence-electron chi connectivity index (χ2n) is 4.24. The SMILES string of the molecule is Cc1noc(C(C)N2CCC(C)C2)n1. The smallest absolute Gasteiger partial charge is 0.243 e. The third kappa shape index (κ3) is 1.80. The predicted molar refractivity (Wildman–Crippen MR) is 52.8 cm³/mol. The number of likely N-dealkylation sites (tertiary alicyclic amines) is 1. The number of aryl methyl sites for hydroxylation is 1. The first-order valence-electron chi connectivity index (χ1n) is 5.21. The van der Waals surface area contributed by atoms with E-state index in [4.69, 9.17) is 4.52 Å². The van der Waals surface area contributed by atoms with Gasteiger partial charge in [-0.1, -0.05) is 12.1 Å². The molecule has 4 nitrogen and oxygen atoms in total. The lowest BCUT2D eigenvalue weighted by Crippen LogP contribution is -2.24. The molecule has 2 unspecified atom stereocenters. The van der Waals surface area contributed by atoms with Crippen LogP contribution in [0, 0.1) is 12.8 Å². The van der Waals surface area contributed by atoms with E-state index in [-0.39, 0.29) is 6.04 Å². The lowest BCUT2D eigenvalue weighted by Gasteiger charge is -2.20. The molecule has 1 aliphatic rings. The Morgan fingerprint density at radius 3 is 2.86 bits per heavy atom. The van der Waals surface area contributed by atoms with Gasteiger partial charge in [0.15, 0.2) is 5.82 Å². The van der Waals surface area contributed by atoms with Crippen molar-refractivity contribution in [1.29, 1.82) is 0 Å². The van der Waals surface area contributed by atoms with E-state index in [1.807, 2.05) is 6.92 Å². The van der Waals surface area contributed by atoms with Gasteiger partial charge in [-0.05, 0) is 32.7 Å². The van der Waals surface area contributed by atoms with E-state index in [1.165, 1.54) is 6.42 Å². The van der Waals surface area contributed by atoms with Crippen molar-refractivity contribution in [3.05, 3.63) is 11.7 Å². The largest absolute Gasteiger partial charge is 0.338 e. The summed E-state index contributed by atoms with van der Waals surface area (Å²) in [6.45, 7) is 8.55. The molecular weight excluding hydrogens is 178 g/mol. The number of nitrogens with zero attached hydrogens (tertiary/aromatic N) is 3. The minimum Gasteiger partial charge on any atom is -0.338 e. The molecule has 2 atom stereocenters. The van der Waals surface area contributed by atoms with Crippen molar-refractivity contribution in [3.8, 4) is 0 Å². The Labute approximate surface area is 84.3 Å². The summed E-state index contributed by atoms with van der Waals surface area (Å²) in [5.74, 6) is 2.26. The van der Waals surface area contributed by atoms with E-state index >= 15 is 0 Å². The maximum absolute atomic E-state index is 5.17. The van der Waals surface area contributed by atoms with Crippen LogP contribution >= 0.6 is 0 Å². The van der Waals surface area contributed by atoms with Crippen LogP contribution in [-0.2, 0) is 0 Å². The van der Waals surface area contributed by atoms with E-state index in [2.05, 4.69) is 28.9 Å². The van der Waals surface area contributed by atoms with Gasteiger partial charge in [-0.3, -0.25) is 4.90 Å². The van der Waals surface area contributed by atoms with Crippen molar-refractivity contribution in [3.63, 3.8) is 0 Å². The molecule has 0 aliphatic carbocycles. The summed E-state index contributed by atoms with van der Waals surface area (Å²) >= 11 is 0. The van der Waals surface area contributed by atoms with E-state index in [9.17, 15) is 0 Å². The highest BCUT2D eigenvalue weighted by atomic mass is 16.5. The Balaban J connectivity index is 2.05. The first-order valence-corrected chi connectivity index (χ1v) is 5.21. The number of hydrogen-bond acceptors (Lipinski definition) is 4. The molecule has 0 aromatic carbocycles. The molecule has 0 spiro atoms. The van der Waals surface area contributed by atoms with Crippen molar-refractivity contribution >= 4 is 0 Å². The summed E-state index contributed by atoms with van der Waals surface area (Å²) in [7, 11) is 0. The van der Waals surface area contributed by atoms with Crippen LogP contribution in [0.15, 0.2) is 4.52 Å². The van der Waals surface area contributed by atoms with E-state index in [0.29, 0.717) is 0 Å². The van der Waals surface area contributed by atoms with Crippen molar-refractivity contribution in [2.75, 3.05) is 13.1 Å². The minimum absolute atomic E-state index is 0.265. The Hall–Kier alpha value is -0.900. The molecule has 0 bridgehead atoms. The summed E-state index contributed by atoms with van der Waals surface area (Å²) in [5, 5.41) is 3.82. The van der Waals surface area contributed by atoms with Gasteiger partial charge >= 0.3 is 0 Å². The topological polar surface area (TPSA) is 42.2 Å². The van der Waals surface area contributed by atoms with E-state index in [1.54, 1.807) is 0 Å². The highest BCUT2D eigenvalue weighted by Gasteiger charge is 2.26. The fourth-order valence-electron chi connectivity index (χ4n) is 1.96. The molecule has 0 N–H and O–H groups in total. The summed E-state index contributed by atoms with van der Waals surface area (Å²) in [6.07, 6.45) is 1.28. The molecule has 0 saturated carbocycles. The van der Waals surface area contributed by atoms with Gasteiger partial charge in [0.05, 0.1) is 6.04 Å². The van der Waals surface area contributed by atoms with Gasteiger partial charge in [0.1, 0.15) is 0 Å². The van der Waals surface area contributed by atoms with Crippen molar-refractivity contribution in [1.82, 2.24) is 15.0 Å². The fourth-order valence-corrected chi connectivity index (χ4v) is 1.96. The van der Waals surface area contributed by atoms with Gasteiger partial charge in [0, 0.05) is 6.54 Å². The predicted octanol–water partition coefficient (Wildman–Crippen LogP) is 1.78. The molecule has 1 aliphatic heterocycles. The Bertz CT molecular complexity index is 310. The lowest BCUT2D eigenvalue weighted by molar-refractivity contribution is 0.204. The van der Waals surface area contributed by atoms with Crippen molar-refractivity contribution in [2.24, 2.45) is 5.92 Å². The molecule has 14 heavy (non-hydrogen) atoms. The fraction of sp³-hybridized carbons (Fsp3) is 0.800. The molecule has 0 amide bonds. The second kappa shape index (κ2) is 3.69. The summed E-state index contributed by atoms with van der Waals surface area (Å²) in [4.78, 5) is 6.66. The van der Waals surface area contributed by atoms with E-state index < -0.39 is 0 Å².